The molecule has 0 aliphatic heterocycles. The summed E-state index contributed by atoms with van der Waals surface area (Å²) in [5.41, 5.74) is 10.6. The molecule has 0 unspecified atom stereocenters. The van der Waals surface area contributed by atoms with Gasteiger partial charge in [-0.25, -0.2) is 9.37 Å². The number of nitrogens with zero attached hydrogens (tertiary/aromatic N) is 2. The Morgan fingerprint density at radius 2 is 1.40 bits per heavy atom. The maximum absolute atomic E-state index is 14.3. The molecule has 8 aromatic rings. The summed E-state index contributed by atoms with van der Waals surface area (Å²) in [7, 11) is -1.78. The summed E-state index contributed by atoms with van der Waals surface area (Å²) in [5.74, 6) is 0.829. The molecule has 4 nitrogen and oxygen atoms in total. The maximum Gasteiger partial charge on any atom is 0.149 e. The number of halogens is 1. The molecule has 6 heteroatoms. The minimum atomic E-state index is -1.78. The number of aromatic nitrogens is 2. The molecule has 254 valence electrons. The van der Waals surface area contributed by atoms with Crippen molar-refractivity contribution in [3.8, 4) is 17.1 Å². The van der Waals surface area contributed by atoms with E-state index in [0.29, 0.717) is 22.2 Å². The highest BCUT2D eigenvalue weighted by atomic mass is 28.3. The highest BCUT2D eigenvalue weighted by Crippen LogP contribution is 2.45. The first-order valence-corrected chi connectivity index (χ1v) is 20.7. The second-order valence-corrected chi connectivity index (χ2v) is 21.0. The fourth-order valence-electron chi connectivity index (χ4n) is 8.22. The third-order valence-corrected chi connectivity index (χ3v) is 17.9. The molecule has 0 aliphatic rings. The van der Waals surface area contributed by atoms with Crippen LogP contribution in [0, 0.1) is 5.82 Å². The van der Waals surface area contributed by atoms with Crippen LogP contribution in [0.4, 0.5) is 4.39 Å². The summed E-state index contributed by atoms with van der Waals surface area (Å²) in [4.78, 5) is 5.30. The standard InChI is InChI=1S/C44H45FN2O2Si/c1-24(2)33-23-35-34-22-29(50(9,26(5)6)27(7)8)18-20-38(34)48-43(35)40(25(3)4)41(33)47-37-16-11-10-15-36(37)46-44(47)32-14-12-13-31-30-19-17-28(45)21-39(30)49-42(31)32/h10-27H,1-9H3. The second-order valence-electron chi connectivity index (χ2n) is 15.5. The van der Waals surface area contributed by atoms with Gasteiger partial charge in [-0.15, -0.1) is 0 Å². The number of benzene rings is 5. The molecule has 0 saturated heterocycles. The Morgan fingerprint density at radius 3 is 2.12 bits per heavy atom. The summed E-state index contributed by atoms with van der Waals surface area (Å²) in [6.45, 7) is 21.2. The number of furan rings is 2. The van der Waals surface area contributed by atoms with Gasteiger partial charge in [0.15, 0.2) is 0 Å². The van der Waals surface area contributed by atoms with Crippen LogP contribution >= 0.6 is 0 Å². The van der Waals surface area contributed by atoms with Crippen LogP contribution in [0.25, 0.3) is 72.0 Å². The normalized spacial score (nSPS) is 12.9. The first-order valence-electron chi connectivity index (χ1n) is 18.0. The molecule has 50 heavy (non-hydrogen) atoms. The van der Waals surface area contributed by atoms with Gasteiger partial charge < -0.3 is 8.83 Å². The lowest BCUT2D eigenvalue weighted by molar-refractivity contribution is 0.618. The Kier molecular flexibility index (Phi) is 7.61. The highest BCUT2D eigenvalue weighted by molar-refractivity contribution is 6.93. The number of hydrogen-bond donors (Lipinski definition) is 0. The molecule has 0 amide bonds. The van der Waals surface area contributed by atoms with Crippen LogP contribution in [0.5, 0.6) is 0 Å². The molecule has 0 N–H and O–H groups in total. The van der Waals surface area contributed by atoms with Crippen LogP contribution in [-0.4, -0.2) is 17.6 Å². The van der Waals surface area contributed by atoms with Crippen LogP contribution in [-0.2, 0) is 0 Å². The van der Waals surface area contributed by atoms with Gasteiger partial charge in [0.1, 0.15) is 34.0 Å². The van der Waals surface area contributed by atoms with E-state index in [4.69, 9.17) is 13.8 Å². The van der Waals surface area contributed by atoms with Crippen molar-refractivity contribution in [2.45, 2.75) is 84.9 Å². The van der Waals surface area contributed by atoms with E-state index in [1.165, 1.54) is 39.2 Å². The zero-order chi connectivity index (χ0) is 35.2. The Balaban J connectivity index is 1.48. The molecule has 0 aliphatic carbocycles. The topological polar surface area (TPSA) is 44.1 Å². The summed E-state index contributed by atoms with van der Waals surface area (Å²) in [5, 5.41) is 5.68. The van der Waals surface area contributed by atoms with E-state index < -0.39 is 8.07 Å². The predicted molar refractivity (Wildman–Crippen MR) is 211 cm³/mol. The van der Waals surface area contributed by atoms with Gasteiger partial charge in [0.25, 0.3) is 0 Å². The van der Waals surface area contributed by atoms with Gasteiger partial charge in [0, 0.05) is 33.2 Å². The molecule has 8 rings (SSSR count). The van der Waals surface area contributed by atoms with E-state index in [1.54, 1.807) is 6.07 Å². The van der Waals surface area contributed by atoms with Crippen molar-refractivity contribution in [2.75, 3.05) is 0 Å². The SMILES string of the molecule is CC(C)c1cc2c(oc3ccc([Si](C)(C(C)C)C(C)C)cc32)c(C(C)C)c1-n1c(-c2cccc3c2oc2cc(F)ccc23)nc2ccccc21. The molecule has 0 saturated carbocycles. The van der Waals surface area contributed by atoms with Gasteiger partial charge in [0.05, 0.1) is 30.4 Å². The molecule has 3 heterocycles. The van der Waals surface area contributed by atoms with E-state index in [9.17, 15) is 4.39 Å². The van der Waals surface area contributed by atoms with Crippen LogP contribution < -0.4 is 5.19 Å². The molecule has 0 atom stereocenters. The lowest BCUT2D eigenvalue weighted by atomic mass is 9.89. The average molecular weight is 681 g/mol. The lowest BCUT2D eigenvalue weighted by Gasteiger charge is -2.36. The third kappa shape index (κ3) is 4.71. The van der Waals surface area contributed by atoms with Crippen molar-refractivity contribution < 1.29 is 13.2 Å². The molecule has 0 fully saturated rings. The number of rotatable bonds is 7. The van der Waals surface area contributed by atoms with Crippen LogP contribution in [0.15, 0.2) is 93.8 Å². The number of hydrogen-bond acceptors (Lipinski definition) is 3. The van der Waals surface area contributed by atoms with Crippen molar-refractivity contribution in [2.24, 2.45) is 0 Å². The van der Waals surface area contributed by atoms with Gasteiger partial charge >= 0.3 is 0 Å². The predicted octanol–water partition coefficient (Wildman–Crippen LogP) is 13.0. The van der Waals surface area contributed by atoms with E-state index in [-0.39, 0.29) is 17.7 Å². The molecule has 3 aromatic heterocycles. The first kappa shape index (κ1) is 32.5. The zero-order valence-electron chi connectivity index (χ0n) is 30.5. The molecular formula is C44H45FN2O2Si. The van der Waals surface area contributed by atoms with E-state index in [1.807, 2.05) is 18.2 Å². The fraction of sp³-hybridized carbons (Fsp3) is 0.295. The van der Waals surface area contributed by atoms with Crippen molar-refractivity contribution in [3.05, 3.63) is 102 Å². The third-order valence-electron chi connectivity index (χ3n) is 11.5. The van der Waals surface area contributed by atoms with Crippen molar-refractivity contribution >= 4 is 68.2 Å². The molecule has 0 radical (unpaired) electrons. The fourth-order valence-corrected chi connectivity index (χ4v) is 11.8. The Hall–Kier alpha value is -4.68. The van der Waals surface area contributed by atoms with Crippen LogP contribution in [0.1, 0.15) is 78.4 Å². The summed E-state index contributed by atoms with van der Waals surface area (Å²) in [6.07, 6.45) is 0. The van der Waals surface area contributed by atoms with E-state index >= 15 is 0 Å². The van der Waals surface area contributed by atoms with Gasteiger partial charge in [0.2, 0.25) is 0 Å². The number of imidazole rings is 1. The summed E-state index contributed by atoms with van der Waals surface area (Å²) >= 11 is 0. The van der Waals surface area contributed by atoms with Crippen LogP contribution in [0.3, 0.4) is 0 Å². The minimum Gasteiger partial charge on any atom is -0.456 e. The van der Waals surface area contributed by atoms with E-state index in [2.05, 4.69) is 115 Å². The quantitative estimate of drug-likeness (QED) is 0.157. The molecular weight excluding hydrogens is 636 g/mol. The summed E-state index contributed by atoms with van der Waals surface area (Å²) < 4.78 is 30.0. The first-order chi connectivity index (χ1) is 23.9. The number of para-hydroxylation sites is 3. The van der Waals surface area contributed by atoms with Gasteiger partial charge in [-0.3, -0.25) is 4.57 Å². The van der Waals surface area contributed by atoms with Crippen LogP contribution in [0.2, 0.25) is 17.6 Å². The van der Waals surface area contributed by atoms with Gasteiger partial charge in [-0.05, 0) is 70.9 Å². The maximum atomic E-state index is 14.3. The minimum absolute atomic E-state index is 0.149. The van der Waals surface area contributed by atoms with Crippen molar-refractivity contribution in [1.29, 1.82) is 0 Å². The Bertz CT molecular complexity index is 2590. The lowest BCUT2D eigenvalue weighted by Crippen LogP contribution is -2.50. The highest BCUT2D eigenvalue weighted by Gasteiger charge is 2.37. The van der Waals surface area contributed by atoms with Gasteiger partial charge in [-0.1, -0.05) is 104 Å². The van der Waals surface area contributed by atoms with Crippen molar-refractivity contribution in [3.63, 3.8) is 0 Å². The average Bonchev–Trinajstić information content (AvgIpc) is 3.76. The Labute approximate surface area is 293 Å². The Morgan fingerprint density at radius 1 is 0.660 bits per heavy atom. The van der Waals surface area contributed by atoms with E-state index in [0.717, 1.165) is 50.0 Å². The second kappa shape index (κ2) is 11.7. The largest absolute Gasteiger partial charge is 0.456 e. The monoisotopic (exact) mass is 680 g/mol. The molecule has 5 aromatic carbocycles. The van der Waals surface area contributed by atoms with Gasteiger partial charge in [-0.2, -0.15) is 0 Å². The molecule has 0 spiro atoms. The number of fused-ring (bicyclic) bond motifs is 7. The summed E-state index contributed by atoms with van der Waals surface area (Å²) in [6, 6.07) is 28.6. The zero-order valence-corrected chi connectivity index (χ0v) is 31.5. The smallest absolute Gasteiger partial charge is 0.149 e. The van der Waals surface area contributed by atoms with Crippen molar-refractivity contribution in [1.82, 2.24) is 9.55 Å². The molecule has 0 bridgehead atoms.